The SMILES string of the molecule is C=CC1CCCCC1C1NC2CCCCC2N1. The molecule has 3 aliphatic rings. The third kappa shape index (κ3) is 2.30. The first-order valence-electron chi connectivity index (χ1n) is 7.53. The van der Waals surface area contributed by atoms with E-state index in [1.54, 1.807) is 0 Å². The van der Waals surface area contributed by atoms with Crippen molar-refractivity contribution in [2.75, 3.05) is 0 Å². The van der Waals surface area contributed by atoms with Crippen LogP contribution in [0.5, 0.6) is 0 Å². The molecule has 4 atom stereocenters. The van der Waals surface area contributed by atoms with Gasteiger partial charge in [0.25, 0.3) is 0 Å². The van der Waals surface area contributed by atoms with Crippen LogP contribution in [0.2, 0.25) is 0 Å². The number of allylic oxidation sites excluding steroid dienone is 1. The molecule has 1 aliphatic heterocycles. The standard InChI is InChI=1S/C15H26N2/c1-2-11-7-3-4-8-12(11)15-16-13-9-5-6-10-14(13)17-15/h2,11-17H,1,3-10H2. The van der Waals surface area contributed by atoms with E-state index in [2.05, 4.69) is 23.3 Å². The van der Waals surface area contributed by atoms with Crippen molar-refractivity contribution in [1.29, 1.82) is 0 Å². The second-order valence-electron chi connectivity index (χ2n) is 6.16. The number of hydrogen-bond donors (Lipinski definition) is 2. The largest absolute Gasteiger partial charge is 0.297 e. The average molecular weight is 234 g/mol. The molecule has 0 amide bonds. The molecule has 0 aromatic heterocycles. The van der Waals surface area contributed by atoms with Crippen LogP contribution in [0.15, 0.2) is 12.7 Å². The highest BCUT2D eigenvalue weighted by atomic mass is 15.3. The van der Waals surface area contributed by atoms with Crippen LogP contribution < -0.4 is 10.6 Å². The van der Waals surface area contributed by atoms with Gasteiger partial charge in [-0.3, -0.25) is 10.6 Å². The molecule has 96 valence electrons. The highest BCUT2D eigenvalue weighted by molar-refractivity contribution is 5.01. The molecule has 0 aromatic rings. The second kappa shape index (κ2) is 5.11. The van der Waals surface area contributed by atoms with E-state index >= 15 is 0 Å². The van der Waals surface area contributed by atoms with Gasteiger partial charge in [0.15, 0.2) is 0 Å². The van der Waals surface area contributed by atoms with Crippen molar-refractivity contribution in [2.45, 2.75) is 69.6 Å². The first kappa shape index (κ1) is 11.7. The molecule has 2 aliphatic carbocycles. The summed E-state index contributed by atoms with van der Waals surface area (Å²) in [7, 11) is 0. The van der Waals surface area contributed by atoms with Gasteiger partial charge in [-0.25, -0.2) is 0 Å². The molecule has 2 N–H and O–H groups in total. The number of nitrogens with one attached hydrogen (secondary N) is 2. The van der Waals surface area contributed by atoms with Crippen LogP contribution in [0, 0.1) is 11.8 Å². The molecule has 3 rings (SSSR count). The van der Waals surface area contributed by atoms with Crippen LogP contribution in [0.3, 0.4) is 0 Å². The quantitative estimate of drug-likeness (QED) is 0.718. The van der Waals surface area contributed by atoms with Crippen molar-refractivity contribution in [3.63, 3.8) is 0 Å². The normalized spacial score (nSPS) is 46.5. The van der Waals surface area contributed by atoms with Crippen LogP contribution in [0.25, 0.3) is 0 Å². The highest BCUT2D eigenvalue weighted by Crippen LogP contribution is 2.35. The van der Waals surface area contributed by atoms with Crippen molar-refractivity contribution >= 4 is 0 Å². The fourth-order valence-corrected chi connectivity index (χ4v) is 4.18. The summed E-state index contributed by atoms with van der Waals surface area (Å²) in [6.07, 6.45) is 13.9. The van der Waals surface area contributed by atoms with Gasteiger partial charge in [-0.05, 0) is 37.5 Å². The van der Waals surface area contributed by atoms with Crippen molar-refractivity contribution in [2.24, 2.45) is 11.8 Å². The minimum atomic E-state index is 0.561. The summed E-state index contributed by atoms with van der Waals surface area (Å²) < 4.78 is 0. The van der Waals surface area contributed by atoms with Crippen molar-refractivity contribution < 1.29 is 0 Å². The summed E-state index contributed by atoms with van der Waals surface area (Å²) in [6, 6.07) is 1.50. The van der Waals surface area contributed by atoms with Crippen molar-refractivity contribution in [3.8, 4) is 0 Å². The third-order valence-corrected chi connectivity index (χ3v) is 5.16. The smallest absolute Gasteiger partial charge is 0.0611 e. The number of rotatable bonds is 2. The van der Waals surface area contributed by atoms with E-state index in [0.717, 1.165) is 23.9 Å². The van der Waals surface area contributed by atoms with E-state index in [-0.39, 0.29) is 0 Å². The van der Waals surface area contributed by atoms with Gasteiger partial charge in [0.1, 0.15) is 0 Å². The molecule has 4 unspecified atom stereocenters. The Bertz CT molecular complexity index is 262. The van der Waals surface area contributed by atoms with Crippen molar-refractivity contribution in [1.82, 2.24) is 10.6 Å². The summed E-state index contributed by atoms with van der Waals surface area (Å²) in [5.41, 5.74) is 0. The van der Waals surface area contributed by atoms with Gasteiger partial charge in [0, 0.05) is 12.1 Å². The average Bonchev–Trinajstić information content (AvgIpc) is 2.82. The minimum absolute atomic E-state index is 0.561. The van der Waals surface area contributed by atoms with Gasteiger partial charge < -0.3 is 0 Å². The van der Waals surface area contributed by atoms with E-state index in [9.17, 15) is 0 Å². The lowest BCUT2D eigenvalue weighted by molar-refractivity contribution is 0.210. The summed E-state index contributed by atoms with van der Waals surface area (Å²) in [6.45, 7) is 4.04. The molecule has 0 radical (unpaired) electrons. The Labute approximate surface area is 105 Å². The fourth-order valence-electron chi connectivity index (χ4n) is 4.18. The van der Waals surface area contributed by atoms with Gasteiger partial charge in [0.05, 0.1) is 6.17 Å². The van der Waals surface area contributed by atoms with Crippen LogP contribution in [-0.2, 0) is 0 Å². The Morgan fingerprint density at radius 1 is 0.824 bits per heavy atom. The molecule has 0 bridgehead atoms. The Balaban J connectivity index is 1.65. The minimum Gasteiger partial charge on any atom is -0.297 e. The second-order valence-corrected chi connectivity index (χ2v) is 6.16. The molecular formula is C15H26N2. The van der Waals surface area contributed by atoms with Crippen LogP contribution >= 0.6 is 0 Å². The first-order chi connectivity index (χ1) is 8.38. The van der Waals surface area contributed by atoms with Gasteiger partial charge in [-0.1, -0.05) is 31.8 Å². The maximum atomic E-state index is 4.04. The summed E-state index contributed by atoms with van der Waals surface area (Å²) >= 11 is 0. The highest BCUT2D eigenvalue weighted by Gasteiger charge is 2.40. The van der Waals surface area contributed by atoms with Gasteiger partial charge >= 0.3 is 0 Å². The van der Waals surface area contributed by atoms with Gasteiger partial charge in [-0.2, -0.15) is 0 Å². The number of hydrogen-bond acceptors (Lipinski definition) is 2. The van der Waals surface area contributed by atoms with E-state index in [1.807, 2.05) is 0 Å². The summed E-state index contributed by atoms with van der Waals surface area (Å²) in [5, 5.41) is 7.74. The Kier molecular flexibility index (Phi) is 3.53. The Hall–Kier alpha value is -0.340. The zero-order chi connectivity index (χ0) is 11.7. The predicted octanol–water partition coefficient (Wildman–Crippen LogP) is 2.81. The van der Waals surface area contributed by atoms with Crippen LogP contribution in [0.4, 0.5) is 0 Å². The van der Waals surface area contributed by atoms with E-state index in [1.165, 1.54) is 51.4 Å². The van der Waals surface area contributed by atoms with E-state index in [0.29, 0.717) is 6.17 Å². The lowest BCUT2D eigenvalue weighted by Gasteiger charge is -2.34. The lowest BCUT2D eigenvalue weighted by atomic mass is 9.77. The van der Waals surface area contributed by atoms with Gasteiger partial charge in [-0.15, -0.1) is 6.58 Å². The monoisotopic (exact) mass is 234 g/mol. The van der Waals surface area contributed by atoms with Crippen molar-refractivity contribution in [3.05, 3.63) is 12.7 Å². The molecule has 1 saturated heterocycles. The Morgan fingerprint density at radius 3 is 2.06 bits per heavy atom. The van der Waals surface area contributed by atoms with E-state index in [4.69, 9.17) is 0 Å². The molecule has 0 aromatic carbocycles. The molecule has 17 heavy (non-hydrogen) atoms. The maximum Gasteiger partial charge on any atom is 0.0611 e. The molecule has 0 spiro atoms. The first-order valence-corrected chi connectivity index (χ1v) is 7.53. The topological polar surface area (TPSA) is 24.1 Å². The Morgan fingerprint density at radius 2 is 1.41 bits per heavy atom. The summed E-state index contributed by atoms with van der Waals surface area (Å²) in [4.78, 5) is 0. The molecule has 2 nitrogen and oxygen atoms in total. The maximum absolute atomic E-state index is 4.04. The zero-order valence-corrected chi connectivity index (χ0v) is 10.8. The number of fused-ring (bicyclic) bond motifs is 1. The third-order valence-electron chi connectivity index (χ3n) is 5.16. The molecule has 2 saturated carbocycles. The van der Waals surface area contributed by atoms with E-state index < -0.39 is 0 Å². The zero-order valence-electron chi connectivity index (χ0n) is 10.8. The molecule has 1 heterocycles. The predicted molar refractivity (Wildman–Crippen MR) is 71.7 cm³/mol. The van der Waals surface area contributed by atoms with Crippen LogP contribution in [0.1, 0.15) is 51.4 Å². The molecular weight excluding hydrogens is 208 g/mol. The lowest BCUT2D eigenvalue weighted by Crippen LogP contribution is -2.44. The molecule has 3 fully saturated rings. The van der Waals surface area contributed by atoms with Gasteiger partial charge in [0.2, 0.25) is 0 Å². The fraction of sp³-hybridized carbons (Fsp3) is 0.867. The molecule has 2 heteroatoms. The van der Waals surface area contributed by atoms with Crippen LogP contribution in [-0.4, -0.2) is 18.2 Å². The summed E-state index contributed by atoms with van der Waals surface area (Å²) in [5.74, 6) is 1.51.